The maximum Gasteiger partial charge on any atom is 0.250 e. The van der Waals surface area contributed by atoms with Crippen LogP contribution in [0.3, 0.4) is 0 Å². The molecule has 1 fully saturated rings. The monoisotopic (exact) mass is 219 g/mol. The number of halogens is 2. The molecule has 1 nitrogen and oxygen atoms in total. The van der Waals surface area contributed by atoms with Crippen molar-refractivity contribution in [2.75, 3.05) is 19.6 Å². The molecule has 1 aliphatic rings. The molecule has 0 N–H and O–H groups in total. The van der Waals surface area contributed by atoms with E-state index in [9.17, 15) is 8.78 Å². The van der Waals surface area contributed by atoms with Crippen LogP contribution in [0.25, 0.3) is 0 Å². The second kappa shape index (κ2) is 5.24. The first-order chi connectivity index (χ1) is 6.95. The maximum absolute atomic E-state index is 13.4. The number of nitrogens with zero attached hydrogens (tertiary/aromatic N) is 1. The lowest BCUT2D eigenvalue weighted by molar-refractivity contribution is -0.0815. The van der Waals surface area contributed by atoms with Crippen LogP contribution in [0.5, 0.6) is 0 Å². The van der Waals surface area contributed by atoms with Gasteiger partial charge in [0.2, 0.25) is 0 Å². The molecule has 3 heteroatoms. The summed E-state index contributed by atoms with van der Waals surface area (Å²) in [5, 5.41) is 0. The smallest absolute Gasteiger partial charge is 0.250 e. The highest BCUT2D eigenvalue weighted by Gasteiger charge is 2.39. The Morgan fingerprint density at radius 3 is 2.20 bits per heavy atom. The molecular formula is C12H23F2N. The van der Waals surface area contributed by atoms with E-state index in [1.165, 1.54) is 0 Å². The molecule has 0 unspecified atom stereocenters. The molecule has 1 heterocycles. The minimum absolute atomic E-state index is 0.0121. The zero-order valence-corrected chi connectivity index (χ0v) is 10.1. The molecule has 1 saturated heterocycles. The summed E-state index contributed by atoms with van der Waals surface area (Å²) in [5.74, 6) is -2.19. The van der Waals surface area contributed by atoms with Crippen LogP contribution in [0.1, 0.15) is 40.0 Å². The topological polar surface area (TPSA) is 3.24 Å². The number of hydrogen-bond acceptors (Lipinski definition) is 1. The first-order valence-electron chi connectivity index (χ1n) is 6.06. The highest BCUT2D eigenvalue weighted by Crippen LogP contribution is 2.35. The van der Waals surface area contributed by atoms with E-state index in [-0.39, 0.29) is 12.3 Å². The van der Waals surface area contributed by atoms with E-state index in [2.05, 4.69) is 18.7 Å². The molecule has 1 aliphatic heterocycles. The van der Waals surface area contributed by atoms with Gasteiger partial charge in [-0.3, -0.25) is 0 Å². The molecule has 0 aromatic rings. The van der Waals surface area contributed by atoms with Crippen molar-refractivity contribution >= 4 is 0 Å². The van der Waals surface area contributed by atoms with Crippen LogP contribution in [-0.4, -0.2) is 30.5 Å². The fourth-order valence-electron chi connectivity index (χ4n) is 2.34. The van der Waals surface area contributed by atoms with Crippen LogP contribution in [0.4, 0.5) is 8.78 Å². The summed E-state index contributed by atoms with van der Waals surface area (Å²) in [5.41, 5.74) is 0. The molecule has 0 atom stereocenters. The first kappa shape index (κ1) is 12.9. The van der Waals surface area contributed by atoms with E-state index in [1.807, 2.05) is 0 Å². The number of hydrogen-bond donors (Lipinski definition) is 0. The Bertz CT molecular complexity index is 184. The summed E-state index contributed by atoms with van der Waals surface area (Å²) >= 11 is 0. The van der Waals surface area contributed by atoms with Crippen LogP contribution in [0.2, 0.25) is 0 Å². The van der Waals surface area contributed by atoms with Crippen molar-refractivity contribution in [2.24, 2.45) is 11.8 Å². The van der Waals surface area contributed by atoms with E-state index < -0.39 is 5.92 Å². The summed E-state index contributed by atoms with van der Waals surface area (Å²) in [7, 11) is 0. The largest absolute Gasteiger partial charge is 0.303 e. The molecular weight excluding hydrogens is 196 g/mol. The van der Waals surface area contributed by atoms with Crippen molar-refractivity contribution in [3.05, 3.63) is 0 Å². The highest BCUT2D eigenvalue weighted by molar-refractivity contribution is 4.82. The Hall–Kier alpha value is -0.180. The van der Waals surface area contributed by atoms with Gasteiger partial charge in [0.1, 0.15) is 0 Å². The average Bonchev–Trinajstić information content (AvgIpc) is 2.18. The molecule has 90 valence electrons. The molecule has 0 aromatic carbocycles. The number of alkyl halides is 2. The van der Waals surface area contributed by atoms with Crippen molar-refractivity contribution in [2.45, 2.75) is 46.0 Å². The quantitative estimate of drug-likeness (QED) is 0.700. The Kier molecular flexibility index (Phi) is 4.50. The third-order valence-corrected chi connectivity index (χ3v) is 3.28. The summed E-state index contributed by atoms with van der Waals surface area (Å²) in [6, 6.07) is 0. The lowest BCUT2D eigenvalue weighted by atomic mass is 9.89. The Morgan fingerprint density at radius 2 is 1.80 bits per heavy atom. The fourth-order valence-corrected chi connectivity index (χ4v) is 2.34. The van der Waals surface area contributed by atoms with Gasteiger partial charge in [0.25, 0.3) is 5.92 Å². The fraction of sp³-hybridized carbons (Fsp3) is 1.00. The predicted octanol–water partition coefficient (Wildman–Crippen LogP) is 3.40. The van der Waals surface area contributed by atoms with Crippen LogP contribution in [0.15, 0.2) is 0 Å². The molecule has 0 spiro atoms. The minimum atomic E-state index is -2.44. The molecule has 1 rings (SSSR count). The summed E-state index contributed by atoms with van der Waals surface area (Å²) < 4.78 is 26.8. The highest BCUT2D eigenvalue weighted by atomic mass is 19.3. The SMILES string of the molecule is CCC(F)(F)C1CCN(CC(C)C)CC1. The average molecular weight is 219 g/mol. The Morgan fingerprint density at radius 1 is 1.27 bits per heavy atom. The van der Waals surface area contributed by atoms with Gasteiger partial charge in [-0.2, -0.15) is 0 Å². The molecule has 0 aromatic heterocycles. The normalized spacial score (nSPS) is 21.2. The van der Waals surface area contributed by atoms with Gasteiger partial charge in [0.15, 0.2) is 0 Å². The zero-order valence-electron chi connectivity index (χ0n) is 10.1. The van der Waals surface area contributed by atoms with Gasteiger partial charge in [0, 0.05) is 18.9 Å². The van der Waals surface area contributed by atoms with Crippen molar-refractivity contribution < 1.29 is 8.78 Å². The summed E-state index contributed by atoms with van der Waals surface area (Å²) in [6.45, 7) is 8.67. The number of likely N-dealkylation sites (tertiary alicyclic amines) is 1. The van der Waals surface area contributed by atoms with Crippen LogP contribution < -0.4 is 0 Å². The molecule has 15 heavy (non-hydrogen) atoms. The number of piperidine rings is 1. The molecule has 0 saturated carbocycles. The van der Waals surface area contributed by atoms with Gasteiger partial charge in [-0.1, -0.05) is 20.8 Å². The van der Waals surface area contributed by atoms with Crippen molar-refractivity contribution in [1.82, 2.24) is 4.90 Å². The molecule has 0 radical (unpaired) electrons. The first-order valence-corrected chi connectivity index (χ1v) is 6.06. The van der Waals surface area contributed by atoms with Gasteiger partial charge in [-0.25, -0.2) is 8.78 Å². The van der Waals surface area contributed by atoms with E-state index in [1.54, 1.807) is 6.92 Å². The van der Waals surface area contributed by atoms with Crippen LogP contribution >= 0.6 is 0 Å². The van der Waals surface area contributed by atoms with Crippen molar-refractivity contribution in [3.8, 4) is 0 Å². The van der Waals surface area contributed by atoms with E-state index in [0.717, 1.165) is 19.6 Å². The molecule has 0 amide bonds. The van der Waals surface area contributed by atoms with E-state index in [4.69, 9.17) is 0 Å². The summed E-state index contributed by atoms with van der Waals surface area (Å²) in [6.07, 6.45) is 1.31. The predicted molar refractivity (Wildman–Crippen MR) is 59.2 cm³/mol. The van der Waals surface area contributed by atoms with Gasteiger partial charge in [0.05, 0.1) is 0 Å². The van der Waals surface area contributed by atoms with Crippen LogP contribution in [0, 0.1) is 11.8 Å². The maximum atomic E-state index is 13.4. The van der Waals surface area contributed by atoms with Crippen molar-refractivity contribution in [3.63, 3.8) is 0 Å². The van der Waals surface area contributed by atoms with Gasteiger partial charge in [-0.15, -0.1) is 0 Å². The van der Waals surface area contributed by atoms with Crippen molar-refractivity contribution in [1.29, 1.82) is 0 Å². The zero-order chi connectivity index (χ0) is 11.5. The van der Waals surface area contributed by atoms with Crippen LogP contribution in [-0.2, 0) is 0 Å². The van der Waals surface area contributed by atoms with Gasteiger partial charge in [-0.05, 0) is 31.8 Å². The summed E-state index contributed by atoms with van der Waals surface area (Å²) in [4.78, 5) is 2.31. The minimum Gasteiger partial charge on any atom is -0.303 e. The number of rotatable bonds is 4. The lowest BCUT2D eigenvalue weighted by Gasteiger charge is -2.36. The second-order valence-corrected chi connectivity index (χ2v) is 5.08. The van der Waals surface area contributed by atoms with Gasteiger partial charge >= 0.3 is 0 Å². The lowest BCUT2D eigenvalue weighted by Crippen LogP contribution is -2.41. The standard InChI is InChI=1S/C12H23F2N/c1-4-12(13,14)11-5-7-15(8-6-11)9-10(2)3/h10-11H,4-9H2,1-3H3. The third-order valence-electron chi connectivity index (χ3n) is 3.28. The van der Waals surface area contributed by atoms with Gasteiger partial charge < -0.3 is 4.90 Å². The second-order valence-electron chi connectivity index (χ2n) is 5.08. The van der Waals surface area contributed by atoms with E-state index >= 15 is 0 Å². The Balaban J connectivity index is 2.36. The Labute approximate surface area is 91.8 Å². The molecule has 0 bridgehead atoms. The third kappa shape index (κ3) is 3.71. The molecule has 0 aliphatic carbocycles. The van der Waals surface area contributed by atoms with E-state index in [0.29, 0.717) is 18.8 Å².